The summed E-state index contributed by atoms with van der Waals surface area (Å²) in [6.45, 7) is 2.86. The van der Waals surface area contributed by atoms with E-state index in [0.717, 1.165) is 48.6 Å². The third-order valence-electron chi connectivity index (χ3n) is 6.97. The molecular weight excluding hydrogens is 458 g/mol. The van der Waals surface area contributed by atoms with Gasteiger partial charge >= 0.3 is 0 Å². The molecule has 6 heteroatoms. The standard InChI is InChI=1S/C31H31N5O/c32-20-26-13-11-25(12-14-26)19-30-33-21-28(34-30)23-35(17-15-24-7-3-1-4-8-24)29-16-18-36(31(29)37)22-27-9-5-2-6-10-27/h1-14,21,29H,15-19,22-23H2,(H,33,34). The molecule has 1 unspecified atom stereocenters. The van der Waals surface area contributed by atoms with Crippen molar-refractivity contribution in [2.24, 2.45) is 0 Å². The van der Waals surface area contributed by atoms with Crippen LogP contribution in [0.25, 0.3) is 0 Å². The lowest BCUT2D eigenvalue weighted by molar-refractivity contribution is -0.132. The Balaban J connectivity index is 1.28. The van der Waals surface area contributed by atoms with E-state index in [1.165, 1.54) is 5.56 Å². The number of hydrogen-bond donors (Lipinski definition) is 1. The maximum atomic E-state index is 13.5. The van der Waals surface area contributed by atoms with Gasteiger partial charge in [0.05, 0.1) is 17.7 Å². The first-order chi connectivity index (χ1) is 18.2. The molecule has 1 amide bonds. The van der Waals surface area contributed by atoms with Gasteiger partial charge in [0.2, 0.25) is 5.91 Å². The Morgan fingerprint density at radius 3 is 2.35 bits per heavy atom. The van der Waals surface area contributed by atoms with Crippen LogP contribution in [0.3, 0.4) is 0 Å². The summed E-state index contributed by atoms with van der Waals surface area (Å²) in [5.74, 6) is 1.08. The van der Waals surface area contributed by atoms with Crippen LogP contribution in [0.4, 0.5) is 0 Å². The third kappa shape index (κ3) is 6.32. The average Bonchev–Trinajstić information content (AvgIpc) is 3.54. The molecular formula is C31H31N5O. The molecule has 186 valence electrons. The van der Waals surface area contributed by atoms with E-state index in [1.807, 2.05) is 59.6 Å². The lowest BCUT2D eigenvalue weighted by Crippen LogP contribution is -2.42. The zero-order valence-corrected chi connectivity index (χ0v) is 20.9. The van der Waals surface area contributed by atoms with Gasteiger partial charge in [0.1, 0.15) is 5.82 Å². The largest absolute Gasteiger partial charge is 0.345 e. The molecule has 0 aliphatic carbocycles. The average molecular weight is 490 g/mol. The lowest BCUT2D eigenvalue weighted by atomic mass is 10.1. The molecule has 3 aromatic carbocycles. The SMILES string of the molecule is N#Cc1ccc(Cc2ncc(CN(CCc3ccccc3)C3CCN(Cc4ccccc4)C3=O)[nH]2)cc1. The van der Waals surface area contributed by atoms with Crippen LogP contribution in [0.1, 0.15) is 40.2 Å². The summed E-state index contributed by atoms with van der Waals surface area (Å²) in [5, 5.41) is 9.02. The quantitative estimate of drug-likeness (QED) is 0.350. The smallest absolute Gasteiger partial charge is 0.240 e. The molecule has 0 bridgehead atoms. The van der Waals surface area contributed by atoms with Crippen molar-refractivity contribution in [3.05, 3.63) is 125 Å². The highest BCUT2D eigenvalue weighted by atomic mass is 16.2. The minimum Gasteiger partial charge on any atom is -0.345 e. The van der Waals surface area contributed by atoms with E-state index >= 15 is 0 Å². The molecule has 1 aliphatic rings. The number of rotatable bonds is 10. The van der Waals surface area contributed by atoms with E-state index < -0.39 is 0 Å². The first kappa shape index (κ1) is 24.5. The van der Waals surface area contributed by atoms with E-state index in [1.54, 1.807) is 0 Å². The zero-order valence-electron chi connectivity index (χ0n) is 20.9. The van der Waals surface area contributed by atoms with E-state index in [-0.39, 0.29) is 11.9 Å². The minimum atomic E-state index is -0.141. The van der Waals surface area contributed by atoms with Crippen molar-refractivity contribution in [2.45, 2.75) is 38.4 Å². The first-order valence-electron chi connectivity index (χ1n) is 12.8. The fourth-order valence-corrected chi connectivity index (χ4v) is 4.97. The van der Waals surface area contributed by atoms with E-state index in [2.05, 4.69) is 57.3 Å². The molecule has 4 aromatic rings. The molecule has 1 atom stereocenters. The van der Waals surface area contributed by atoms with Gasteiger partial charge in [-0.3, -0.25) is 9.69 Å². The number of nitrogens with zero attached hydrogens (tertiary/aromatic N) is 4. The molecule has 1 fully saturated rings. The Labute approximate surface area is 218 Å². The van der Waals surface area contributed by atoms with Crippen LogP contribution < -0.4 is 0 Å². The maximum absolute atomic E-state index is 13.5. The topological polar surface area (TPSA) is 76.0 Å². The Kier molecular flexibility index (Phi) is 7.73. The molecule has 0 spiro atoms. The molecule has 0 radical (unpaired) electrons. The predicted molar refractivity (Wildman–Crippen MR) is 143 cm³/mol. The van der Waals surface area contributed by atoms with Gasteiger partial charge in [-0.15, -0.1) is 0 Å². The Morgan fingerprint density at radius 1 is 0.946 bits per heavy atom. The van der Waals surface area contributed by atoms with Gasteiger partial charge in [0, 0.05) is 44.5 Å². The van der Waals surface area contributed by atoms with Gasteiger partial charge in [0.25, 0.3) is 0 Å². The van der Waals surface area contributed by atoms with Crippen molar-refractivity contribution in [3.63, 3.8) is 0 Å². The summed E-state index contributed by atoms with van der Waals surface area (Å²) in [6, 6.07) is 30.2. The lowest BCUT2D eigenvalue weighted by Gasteiger charge is -2.27. The van der Waals surface area contributed by atoms with Crippen LogP contribution in [0, 0.1) is 11.3 Å². The number of nitriles is 1. The van der Waals surface area contributed by atoms with Crippen molar-refractivity contribution in [3.8, 4) is 6.07 Å². The van der Waals surface area contributed by atoms with Crippen LogP contribution in [-0.2, 0) is 30.7 Å². The number of likely N-dealkylation sites (tertiary alicyclic amines) is 1. The second kappa shape index (κ2) is 11.7. The molecule has 37 heavy (non-hydrogen) atoms. The molecule has 1 N–H and O–H groups in total. The number of carbonyl (C=O) groups is 1. The Hall–Kier alpha value is -4.21. The molecule has 5 rings (SSSR count). The van der Waals surface area contributed by atoms with Gasteiger partial charge < -0.3 is 9.88 Å². The van der Waals surface area contributed by atoms with Crippen molar-refractivity contribution < 1.29 is 4.79 Å². The monoisotopic (exact) mass is 489 g/mol. The number of hydrogen-bond acceptors (Lipinski definition) is 4. The summed E-state index contributed by atoms with van der Waals surface area (Å²) >= 11 is 0. The highest BCUT2D eigenvalue weighted by Gasteiger charge is 2.36. The van der Waals surface area contributed by atoms with Crippen molar-refractivity contribution in [1.82, 2.24) is 19.8 Å². The Morgan fingerprint density at radius 2 is 1.65 bits per heavy atom. The van der Waals surface area contributed by atoms with Gasteiger partial charge in [0.15, 0.2) is 0 Å². The maximum Gasteiger partial charge on any atom is 0.240 e. The van der Waals surface area contributed by atoms with E-state index in [0.29, 0.717) is 25.1 Å². The Bertz CT molecular complexity index is 1340. The normalized spacial score (nSPS) is 15.3. The van der Waals surface area contributed by atoms with Crippen molar-refractivity contribution in [2.75, 3.05) is 13.1 Å². The molecule has 1 aliphatic heterocycles. The van der Waals surface area contributed by atoms with Crippen molar-refractivity contribution >= 4 is 5.91 Å². The van der Waals surface area contributed by atoms with E-state index in [9.17, 15) is 4.79 Å². The highest BCUT2D eigenvalue weighted by molar-refractivity contribution is 5.84. The molecule has 1 aromatic heterocycles. The zero-order chi connectivity index (χ0) is 25.5. The molecule has 0 saturated carbocycles. The second-order valence-corrected chi connectivity index (χ2v) is 9.60. The first-order valence-corrected chi connectivity index (χ1v) is 12.8. The molecule has 2 heterocycles. The molecule has 6 nitrogen and oxygen atoms in total. The summed E-state index contributed by atoms with van der Waals surface area (Å²) in [4.78, 5) is 25.8. The second-order valence-electron chi connectivity index (χ2n) is 9.60. The molecule has 1 saturated heterocycles. The number of nitrogens with one attached hydrogen (secondary N) is 1. The number of carbonyl (C=O) groups excluding carboxylic acids is 1. The van der Waals surface area contributed by atoms with Crippen molar-refractivity contribution in [1.29, 1.82) is 5.26 Å². The summed E-state index contributed by atoms with van der Waals surface area (Å²) in [5.41, 5.74) is 5.19. The van der Waals surface area contributed by atoms with E-state index in [4.69, 9.17) is 5.26 Å². The fourth-order valence-electron chi connectivity index (χ4n) is 4.97. The number of H-pyrrole nitrogens is 1. The third-order valence-corrected chi connectivity index (χ3v) is 6.97. The number of aromatic nitrogens is 2. The van der Waals surface area contributed by atoms with Crippen LogP contribution in [-0.4, -0.2) is 44.8 Å². The number of imidazole rings is 1. The number of amides is 1. The van der Waals surface area contributed by atoms with Gasteiger partial charge in [-0.1, -0.05) is 72.8 Å². The summed E-state index contributed by atoms with van der Waals surface area (Å²) in [6.07, 6.45) is 4.26. The van der Waals surface area contributed by atoms with Crippen LogP contribution >= 0.6 is 0 Å². The summed E-state index contributed by atoms with van der Waals surface area (Å²) in [7, 11) is 0. The number of benzene rings is 3. The van der Waals surface area contributed by atoms with Gasteiger partial charge in [-0.25, -0.2) is 4.98 Å². The summed E-state index contributed by atoms with van der Waals surface area (Å²) < 4.78 is 0. The van der Waals surface area contributed by atoms with Crippen LogP contribution in [0.15, 0.2) is 91.1 Å². The van der Waals surface area contributed by atoms with Crippen LogP contribution in [0.2, 0.25) is 0 Å². The highest BCUT2D eigenvalue weighted by Crippen LogP contribution is 2.22. The number of aromatic amines is 1. The van der Waals surface area contributed by atoms with Crippen LogP contribution in [0.5, 0.6) is 0 Å². The minimum absolute atomic E-state index is 0.141. The predicted octanol–water partition coefficient (Wildman–Crippen LogP) is 4.72. The van der Waals surface area contributed by atoms with Gasteiger partial charge in [-0.2, -0.15) is 5.26 Å². The van der Waals surface area contributed by atoms with Gasteiger partial charge in [-0.05, 0) is 41.7 Å². The fraction of sp³-hybridized carbons (Fsp3) is 0.258.